The Morgan fingerprint density at radius 2 is 0.588 bits per heavy atom. The molecule has 0 saturated heterocycles. The number of hydrogen-bond acceptors (Lipinski definition) is 4. The molecular weight excluding hydrogens is 712 g/mol. The molecule has 0 aliphatic rings. The first kappa shape index (κ1) is 45.0. The van der Waals surface area contributed by atoms with Gasteiger partial charge in [0.15, 0.2) is 0 Å². The quantitative estimate of drug-likeness (QED) is 0.0827. The number of anilines is 3. The summed E-state index contributed by atoms with van der Waals surface area (Å²) < 4.78 is 35.2. The first-order chi connectivity index (χ1) is 24.6. The fourth-order valence-corrected chi connectivity index (χ4v) is 9.30. The molecule has 3 aromatic rings. The van der Waals surface area contributed by atoms with E-state index in [0.717, 1.165) is 39.3 Å². The van der Waals surface area contributed by atoms with Crippen LogP contribution in [0.1, 0.15) is 119 Å². The Morgan fingerprint density at radius 1 is 0.412 bits per heavy atom. The zero-order valence-electron chi connectivity index (χ0n) is 32.8. The van der Waals surface area contributed by atoms with E-state index in [1.165, 1.54) is 107 Å². The zero-order valence-corrected chi connectivity index (χ0v) is 35.8. The van der Waals surface area contributed by atoms with Gasteiger partial charge in [0, 0.05) is 56.3 Å². The molecular formula is C42H69AlAsN3O4. The summed E-state index contributed by atoms with van der Waals surface area (Å²) in [4.78, 5) is 7.83. The van der Waals surface area contributed by atoms with Crippen molar-refractivity contribution in [1.29, 1.82) is 0 Å². The van der Waals surface area contributed by atoms with E-state index in [9.17, 15) is 0 Å². The van der Waals surface area contributed by atoms with Gasteiger partial charge in [0.05, 0.1) is 0 Å². The standard InChI is InChI=1S/3C14H22N.Al.AsH3O4/c3*1-3-5-12-15(13-6-4-2)14-10-8-7-9-11-14;;2-1(3,4)5/h3*8-11H,3-6,12-13H2,1-2H3;;(H3,2,3,4,5). The van der Waals surface area contributed by atoms with Crippen LogP contribution in [0, 0.1) is 0 Å². The molecule has 0 aliphatic heterocycles. The number of nitrogens with zero attached hydrogens (tertiary/aromatic N) is 3. The second-order valence-electron chi connectivity index (χ2n) is 13.8. The average molecular weight is 782 g/mol. The summed E-state index contributed by atoms with van der Waals surface area (Å²) >= 11 is -6.78. The molecule has 51 heavy (non-hydrogen) atoms. The summed E-state index contributed by atoms with van der Waals surface area (Å²) in [6.45, 7) is 20.7. The van der Waals surface area contributed by atoms with Crippen molar-refractivity contribution < 1.29 is 16.0 Å². The summed E-state index contributed by atoms with van der Waals surface area (Å²) in [6, 6.07) is 29.3. The third kappa shape index (κ3) is 17.5. The fraction of sp³-hybridized carbons (Fsp3) is 0.571. The van der Waals surface area contributed by atoms with E-state index in [-0.39, 0.29) is 0 Å². The average Bonchev–Trinajstić information content (AvgIpc) is 3.12. The van der Waals surface area contributed by atoms with Crippen molar-refractivity contribution in [3.8, 4) is 0 Å². The van der Waals surface area contributed by atoms with Crippen LogP contribution in [0.25, 0.3) is 0 Å². The van der Waals surface area contributed by atoms with Gasteiger partial charge in [-0.2, -0.15) is 0 Å². The molecule has 3 aromatic carbocycles. The van der Waals surface area contributed by atoms with Crippen LogP contribution in [0.5, 0.6) is 0 Å². The molecule has 3 rings (SSSR count). The van der Waals surface area contributed by atoms with E-state index in [0.29, 0.717) is 0 Å². The van der Waals surface area contributed by atoms with Crippen molar-refractivity contribution in [2.24, 2.45) is 0 Å². The summed E-state index contributed by atoms with van der Waals surface area (Å²) in [5, 5.41) is 0. The van der Waals surface area contributed by atoms with Gasteiger partial charge in [-0.05, 0) is 74.9 Å². The van der Waals surface area contributed by atoms with E-state index in [4.69, 9.17) is 16.0 Å². The Hall–Kier alpha value is -2.17. The molecule has 7 nitrogen and oxygen atoms in total. The normalized spacial score (nSPS) is 11.2. The monoisotopic (exact) mass is 781 g/mol. The van der Waals surface area contributed by atoms with Crippen LogP contribution in [-0.4, -0.2) is 80.2 Å². The van der Waals surface area contributed by atoms with Crippen molar-refractivity contribution in [3.05, 3.63) is 72.8 Å². The number of rotatable bonds is 24. The molecule has 9 heteroatoms. The van der Waals surface area contributed by atoms with Gasteiger partial charge < -0.3 is 14.7 Å². The van der Waals surface area contributed by atoms with Crippen LogP contribution in [0.4, 0.5) is 17.1 Å². The molecule has 284 valence electrons. The number of hydrogen-bond donors (Lipinski definition) is 3. The van der Waals surface area contributed by atoms with Gasteiger partial charge >= 0.3 is 44.7 Å². The van der Waals surface area contributed by atoms with Crippen molar-refractivity contribution in [2.75, 3.05) is 54.0 Å². The van der Waals surface area contributed by atoms with Gasteiger partial charge in [0.1, 0.15) is 0 Å². The minimum absolute atomic E-state index is 1.15. The first-order valence-electron chi connectivity index (χ1n) is 19.9. The Morgan fingerprint density at radius 3 is 0.745 bits per heavy atom. The van der Waals surface area contributed by atoms with E-state index < -0.39 is 28.7 Å². The molecule has 0 amide bonds. The molecule has 0 spiro atoms. The van der Waals surface area contributed by atoms with Gasteiger partial charge in [-0.25, -0.2) is 0 Å². The SMILES string of the molecule is CCCCN(CCCC)c1cc[c]([Al]([c]2ccc(N(CCCC)CCCC)cc2)[c]2ccc(N(CCCC)CCCC)cc2)cc1.O=[As](O)(O)O. The molecule has 0 aliphatic carbocycles. The van der Waals surface area contributed by atoms with Crippen LogP contribution in [0.3, 0.4) is 0 Å². The summed E-state index contributed by atoms with van der Waals surface area (Å²) in [7, 11) is 0. The Kier molecular flexibility index (Phi) is 22.7. The second kappa shape index (κ2) is 25.7. The van der Waals surface area contributed by atoms with Crippen molar-refractivity contribution in [1.82, 2.24) is 0 Å². The summed E-state index contributed by atoms with van der Waals surface area (Å²) in [5.74, 6) is 0. The Labute approximate surface area is 318 Å². The molecule has 3 N–H and O–H groups in total. The van der Waals surface area contributed by atoms with Crippen LogP contribution < -0.4 is 28.0 Å². The van der Waals surface area contributed by atoms with Crippen LogP contribution in [0.2, 0.25) is 0 Å². The third-order valence-corrected chi connectivity index (χ3v) is 12.6. The molecule has 0 bridgehead atoms. The van der Waals surface area contributed by atoms with Crippen LogP contribution >= 0.6 is 0 Å². The first-order valence-corrected chi connectivity index (χ1v) is 24.9. The summed E-state index contributed by atoms with van der Waals surface area (Å²) in [6.07, 6.45) is 15.0. The molecule has 0 unspecified atom stereocenters. The zero-order chi connectivity index (χ0) is 37.5. The molecule has 0 heterocycles. The van der Waals surface area contributed by atoms with E-state index in [1.54, 1.807) is 0 Å². The van der Waals surface area contributed by atoms with Gasteiger partial charge in [-0.15, -0.1) is 0 Å². The number of benzene rings is 3. The molecule has 0 fully saturated rings. The van der Waals surface area contributed by atoms with Crippen molar-refractivity contribution in [3.63, 3.8) is 0 Å². The molecule has 0 radical (unpaired) electrons. The molecule has 0 aromatic heterocycles. The second-order valence-corrected chi connectivity index (χ2v) is 18.8. The van der Waals surface area contributed by atoms with Crippen molar-refractivity contribution in [2.45, 2.75) is 119 Å². The van der Waals surface area contributed by atoms with E-state index >= 15 is 0 Å². The topological polar surface area (TPSA) is 87.5 Å². The maximum absolute atomic E-state index is 8.94. The van der Waals surface area contributed by atoms with Gasteiger partial charge in [-0.3, -0.25) is 0 Å². The minimum atomic E-state index is -5.12. The predicted molar refractivity (Wildman–Crippen MR) is 223 cm³/mol. The van der Waals surface area contributed by atoms with E-state index in [1.807, 2.05) is 0 Å². The van der Waals surface area contributed by atoms with Crippen LogP contribution in [0.15, 0.2) is 72.8 Å². The maximum atomic E-state index is 8.94. The Bertz CT molecular complexity index is 1170. The number of unbranched alkanes of at least 4 members (excludes halogenated alkanes) is 6. The van der Waals surface area contributed by atoms with Gasteiger partial charge in [0.2, 0.25) is 0 Å². The van der Waals surface area contributed by atoms with Gasteiger partial charge in [-0.1, -0.05) is 130 Å². The fourth-order valence-electron chi connectivity index (χ4n) is 6.41. The van der Waals surface area contributed by atoms with Crippen molar-refractivity contribution >= 4 is 59.0 Å². The van der Waals surface area contributed by atoms with Gasteiger partial charge in [0.25, 0.3) is 0 Å². The van der Waals surface area contributed by atoms with Crippen LogP contribution in [-0.2, 0) is 3.74 Å². The Balaban J connectivity index is 0.00000168. The summed E-state index contributed by atoms with van der Waals surface area (Å²) in [5.41, 5.74) is 4.15. The third-order valence-electron chi connectivity index (χ3n) is 9.46. The van der Waals surface area contributed by atoms with E-state index in [2.05, 4.69) is 129 Å². The molecule has 0 saturated carbocycles. The molecule has 0 atom stereocenters. The predicted octanol–water partition coefficient (Wildman–Crippen LogP) is 7.25.